The van der Waals surface area contributed by atoms with Crippen molar-refractivity contribution in [2.24, 2.45) is 5.73 Å². The molecule has 3 N–H and O–H groups in total. The quantitative estimate of drug-likeness (QED) is 0.662. The van der Waals surface area contributed by atoms with Gasteiger partial charge in [-0.05, 0) is 67.0 Å². The summed E-state index contributed by atoms with van der Waals surface area (Å²) in [6.07, 6.45) is 2.39. The van der Waals surface area contributed by atoms with E-state index in [0.29, 0.717) is 12.3 Å². The van der Waals surface area contributed by atoms with Crippen molar-refractivity contribution in [1.82, 2.24) is 9.80 Å². The summed E-state index contributed by atoms with van der Waals surface area (Å²) in [4.78, 5) is 28.7. The first-order chi connectivity index (χ1) is 15.3. The van der Waals surface area contributed by atoms with Crippen LogP contribution in [-0.2, 0) is 16.0 Å². The van der Waals surface area contributed by atoms with E-state index in [9.17, 15) is 14.7 Å². The number of carbonyl (C=O) groups is 2. The van der Waals surface area contributed by atoms with Crippen LogP contribution in [0.15, 0.2) is 36.4 Å². The molecular weight excluding hydrogens is 402 g/mol. The average Bonchev–Trinajstić information content (AvgIpc) is 2.74. The lowest BCUT2D eigenvalue weighted by Crippen LogP contribution is -2.51. The number of nitrogens with zero attached hydrogens (tertiary/aromatic N) is 2. The summed E-state index contributed by atoms with van der Waals surface area (Å²) >= 11 is 0. The number of phenolic OH excluding ortho intramolecular Hbond substituents is 1. The number of hydrogen-bond donors (Lipinski definition) is 2. The zero-order valence-electron chi connectivity index (χ0n) is 19.6. The second kappa shape index (κ2) is 10.2. The zero-order chi connectivity index (χ0) is 23.4. The largest absolute Gasteiger partial charge is 0.508 e. The van der Waals surface area contributed by atoms with E-state index < -0.39 is 5.91 Å². The van der Waals surface area contributed by atoms with E-state index >= 15 is 0 Å². The fraction of sp³-hybridized carbons (Fsp3) is 0.462. The van der Waals surface area contributed by atoms with Crippen molar-refractivity contribution in [2.75, 3.05) is 19.6 Å². The van der Waals surface area contributed by atoms with E-state index in [1.165, 1.54) is 0 Å². The molecule has 0 bridgehead atoms. The Balaban J connectivity index is 2.08. The van der Waals surface area contributed by atoms with Crippen LogP contribution in [0.3, 0.4) is 0 Å². The van der Waals surface area contributed by atoms with Gasteiger partial charge in [0.1, 0.15) is 5.75 Å². The summed E-state index contributed by atoms with van der Waals surface area (Å²) < 4.78 is 0. The van der Waals surface area contributed by atoms with E-state index in [2.05, 4.69) is 36.9 Å². The van der Waals surface area contributed by atoms with Crippen molar-refractivity contribution in [2.45, 2.75) is 59.0 Å². The van der Waals surface area contributed by atoms with Gasteiger partial charge in [-0.15, -0.1) is 0 Å². The smallest absolute Gasteiger partial charge is 0.237 e. The third-order valence-corrected chi connectivity index (χ3v) is 6.47. The van der Waals surface area contributed by atoms with Crippen LogP contribution >= 0.6 is 0 Å². The first-order valence-corrected chi connectivity index (χ1v) is 11.5. The molecule has 2 amide bonds. The number of aromatic hydroxyl groups is 1. The molecule has 0 fully saturated rings. The Hall–Kier alpha value is -2.86. The van der Waals surface area contributed by atoms with Crippen molar-refractivity contribution in [3.8, 4) is 5.75 Å². The molecule has 2 atom stereocenters. The van der Waals surface area contributed by atoms with Crippen molar-refractivity contribution in [3.63, 3.8) is 0 Å². The molecule has 0 aliphatic carbocycles. The molecular formula is C26H35N3O3. The summed E-state index contributed by atoms with van der Waals surface area (Å²) in [6.45, 7) is 8.77. The summed E-state index contributed by atoms with van der Waals surface area (Å²) in [5, 5.41) is 10.4. The molecule has 32 heavy (non-hydrogen) atoms. The van der Waals surface area contributed by atoms with E-state index in [0.717, 1.165) is 47.1 Å². The highest BCUT2D eigenvalue weighted by Crippen LogP contribution is 2.41. The normalized spacial score (nSPS) is 18.2. The first kappa shape index (κ1) is 23.8. The number of hydrogen-bond acceptors (Lipinski definition) is 4. The van der Waals surface area contributed by atoms with Gasteiger partial charge in [-0.2, -0.15) is 0 Å². The van der Waals surface area contributed by atoms with Gasteiger partial charge in [0.05, 0.1) is 19.1 Å². The van der Waals surface area contributed by atoms with Crippen LogP contribution in [0.5, 0.6) is 5.75 Å². The van der Waals surface area contributed by atoms with Gasteiger partial charge >= 0.3 is 0 Å². The van der Waals surface area contributed by atoms with Crippen molar-refractivity contribution >= 4 is 11.8 Å². The molecule has 172 valence electrons. The minimum Gasteiger partial charge on any atom is -0.508 e. The Kier molecular flexibility index (Phi) is 7.56. The Labute approximate surface area is 191 Å². The fourth-order valence-corrected chi connectivity index (χ4v) is 4.80. The predicted octanol–water partition coefficient (Wildman–Crippen LogP) is 3.46. The zero-order valence-corrected chi connectivity index (χ0v) is 19.6. The Morgan fingerprint density at radius 3 is 2.47 bits per heavy atom. The third kappa shape index (κ3) is 4.96. The maximum atomic E-state index is 13.3. The van der Waals surface area contributed by atoms with Crippen LogP contribution in [0.2, 0.25) is 0 Å². The molecule has 1 heterocycles. The lowest BCUT2D eigenvalue weighted by molar-refractivity contribution is -0.137. The molecule has 0 saturated heterocycles. The summed E-state index contributed by atoms with van der Waals surface area (Å²) in [5.41, 5.74) is 10.8. The van der Waals surface area contributed by atoms with Crippen LogP contribution in [0.1, 0.15) is 60.5 Å². The molecule has 2 aromatic rings. The van der Waals surface area contributed by atoms with E-state index in [1.54, 1.807) is 4.90 Å². The molecule has 0 spiro atoms. The molecule has 1 aliphatic heterocycles. The number of benzene rings is 2. The highest BCUT2D eigenvalue weighted by Gasteiger charge is 2.37. The monoisotopic (exact) mass is 437 g/mol. The molecule has 3 rings (SSSR count). The standard InChI is InChI=1S/C26H35N3O3/c1-5-11-28(15-24(27)31)25(32)16-29-20(6-2)13-19-14-23(30)18(4)12-22(19)26(29)21-10-8-7-9-17(21)3/h7-10,12,14,20,26,30H,5-6,11,13,15-16H2,1-4H3,(H2,27,31). The molecule has 6 nitrogen and oxygen atoms in total. The van der Waals surface area contributed by atoms with Gasteiger partial charge in [-0.3, -0.25) is 14.5 Å². The van der Waals surface area contributed by atoms with Gasteiger partial charge in [-0.1, -0.05) is 44.2 Å². The maximum Gasteiger partial charge on any atom is 0.237 e. The first-order valence-electron chi connectivity index (χ1n) is 11.5. The van der Waals surface area contributed by atoms with Gasteiger partial charge in [-0.25, -0.2) is 0 Å². The van der Waals surface area contributed by atoms with Gasteiger partial charge in [0.25, 0.3) is 0 Å². The van der Waals surface area contributed by atoms with Crippen LogP contribution in [0.4, 0.5) is 0 Å². The number of nitrogens with two attached hydrogens (primary N) is 1. The molecule has 0 saturated carbocycles. The van der Waals surface area contributed by atoms with Gasteiger partial charge in [0.2, 0.25) is 11.8 Å². The summed E-state index contributed by atoms with van der Waals surface area (Å²) in [5.74, 6) is -0.270. The van der Waals surface area contributed by atoms with E-state index in [1.807, 2.05) is 32.0 Å². The van der Waals surface area contributed by atoms with Crippen LogP contribution in [0, 0.1) is 13.8 Å². The number of rotatable bonds is 8. The number of aryl methyl sites for hydroxylation is 2. The maximum absolute atomic E-state index is 13.3. The molecule has 2 aromatic carbocycles. The molecule has 6 heteroatoms. The van der Waals surface area contributed by atoms with E-state index in [4.69, 9.17) is 5.73 Å². The molecule has 2 unspecified atom stereocenters. The average molecular weight is 438 g/mol. The Morgan fingerprint density at radius 1 is 1.12 bits per heavy atom. The second-order valence-corrected chi connectivity index (χ2v) is 8.82. The Bertz CT molecular complexity index is 988. The lowest BCUT2D eigenvalue weighted by Gasteiger charge is -2.44. The lowest BCUT2D eigenvalue weighted by atomic mass is 9.81. The summed E-state index contributed by atoms with van der Waals surface area (Å²) in [7, 11) is 0. The molecule has 0 aromatic heterocycles. The highest BCUT2D eigenvalue weighted by molar-refractivity contribution is 5.85. The molecule has 1 aliphatic rings. The number of amides is 2. The number of primary amides is 1. The number of phenols is 1. The Morgan fingerprint density at radius 2 is 1.84 bits per heavy atom. The summed E-state index contributed by atoms with van der Waals surface area (Å²) in [6, 6.07) is 12.2. The van der Waals surface area contributed by atoms with Crippen molar-refractivity contribution in [1.29, 1.82) is 0 Å². The van der Waals surface area contributed by atoms with Crippen LogP contribution < -0.4 is 5.73 Å². The highest BCUT2D eigenvalue weighted by atomic mass is 16.3. The van der Waals surface area contributed by atoms with Crippen molar-refractivity contribution < 1.29 is 14.7 Å². The fourth-order valence-electron chi connectivity index (χ4n) is 4.80. The second-order valence-electron chi connectivity index (χ2n) is 8.82. The minimum atomic E-state index is -0.496. The van der Waals surface area contributed by atoms with Gasteiger partial charge in [0, 0.05) is 12.6 Å². The van der Waals surface area contributed by atoms with Crippen LogP contribution in [-0.4, -0.2) is 52.4 Å². The third-order valence-electron chi connectivity index (χ3n) is 6.47. The van der Waals surface area contributed by atoms with Crippen molar-refractivity contribution in [3.05, 3.63) is 64.2 Å². The minimum absolute atomic E-state index is 0.0596. The van der Waals surface area contributed by atoms with Gasteiger partial charge < -0.3 is 15.7 Å². The number of carbonyl (C=O) groups excluding carboxylic acids is 2. The number of fused-ring (bicyclic) bond motifs is 1. The predicted molar refractivity (Wildman–Crippen MR) is 126 cm³/mol. The van der Waals surface area contributed by atoms with E-state index in [-0.39, 0.29) is 31.1 Å². The van der Waals surface area contributed by atoms with Crippen LogP contribution in [0.25, 0.3) is 0 Å². The SMILES string of the molecule is CCCN(CC(N)=O)C(=O)CN1C(CC)Cc2cc(O)c(C)cc2C1c1ccccc1C. The van der Waals surface area contributed by atoms with Gasteiger partial charge in [0.15, 0.2) is 0 Å². The molecule has 0 radical (unpaired) electrons. The topological polar surface area (TPSA) is 86.9 Å².